The first-order chi connectivity index (χ1) is 6.68. The SMILES string of the molecule is C=CCN(CC)C(=O)C(C)(C)C(C)(C)N. The van der Waals surface area contributed by atoms with Crippen molar-refractivity contribution in [2.75, 3.05) is 13.1 Å². The highest BCUT2D eigenvalue weighted by Crippen LogP contribution is 2.30. The second-order valence-corrected chi connectivity index (χ2v) is 4.98. The standard InChI is InChI=1S/C12H24N2O/c1-7-9-14(8-2)10(15)11(3,4)12(5,6)13/h7H,1,8-9,13H2,2-6H3. The smallest absolute Gasteiger partial charge is 0.230 e. The second kappa shape index (κ2) is 4.79. The summed E-state index contributed by atoms with van der Waals surface area (Å²) in [5.74, 6) is 0.0809. The van der Waals surface area contributed by atoms with Gasteiger partial charge in [0.05, 0.1) is 5.41 Å². The summed E-state index contributed by atoms with van der Waals surface area (Å²) in [6, 6.07) is 0. The zero-order chi connectivity index (χ0) is 12.3. The van der Waals surface area contributed by atoms with Crippen LogP contribution < -0.4 is 5.73 Å². The highest BCUT2D eigenvalue weighted by atomic mass is 16.2. The minimum absolute atomic E-state index is 0.0809. The van der Waals surface area contributed by atoms with Gasteiger partial charge in [0.2, 0.25) is 5.91 Å². The normalized spacial score (nSPS) is 12.4. The topological polar surface area (TPSA) is 46.3 Å². The van der Waals surface area contributed by atoms with Crippen LogP contribution >= 0.6 is 0 Å². The summed E-state index contributed by atoms with van der Waals surface area (Å²) in [7, 11) is 0. The van der Waals surface area contributed by atoms with Crippen LogP contribution in [0.3, 0.4) is 0 Å². The molecule has 0 spiro atoms. The molecule has 0 atom stereocenters. The van der Waals surface area contributed by atoms with Crippen molar-refractivity contribution in [3.63, 3.8) is 0 Å². The minimum atomic E-state index is -0.563. The number of hydrogen-bond acceptors (Lipinski definition) is 2. The highest BCUT2D eigenvalue weighted by Gasteiger charge is 2.42. The Balaban J connectivity index is 4.89. The molecule has 15 heavy (non-hydrogen) atoms. The van der Waals surface area contributed by atoms with Crippen LogP contribution in [0, 0.1) is 5.41 Å². The molecular weight excluding hydrogens is 188 g/mol. The predicted molar refractivity (Wildman–Crippen MR) is 64.5 cm³/mol. The van der Waals surface area contributed by atoms with E-state index < -0.39 is 11.0 Å². The number of hydrogen-bond donors (Lipinski definition) is 1. The Kier molecular flexibility index (Phi) is 4.53. The summed E-state index contributed by atoms with van der Waals surface area (Å²) in [6.45, 7) is 14.4. The minimum Gasteiger partial charge on any atom is -0.339 e. The lowest BCUT2D eigenvalue weighted by molar-refractivity contribution is -0.142. The van der Waals surface area contributed by atoms with Crippen LogP contribution in [-0.4, -0.2) is 29.4 Å². The van der Waals surface area contributed by atoms with Crippen LogP contribution in [0.1, 0.15) is 34.6 Å². The molecule has 3 heteroatoms. The molecule has 0 radical (unpaired) electrons. The maximum Gasteiger partial charge on any atom is 0.230 e. The Hall–Kier alpha value is -0.830. The number of nitrogens with two attached hydrogens (primary N) is 1. The van der Waals surface area contributed by atoms with Gasteiger partial charge in [0.1, 0.15) is 0 Å². The fourth-order valence-electron chi connectivity index (χ4n) is 1.18. The third-order valence-corrected chi connectivity index (χ3v) is 3.16. The maximum atomic E-state index is 12.2. The van der Waals surface area contributed by atoms with Gasteiger partial charge in [-0.15, -0.1) is 6.58 Å². The molecular formula is C12H24N2O. The van der Waals surface area contributed by atoms with E-state index in [1.165, 1.54) is 0 Å². The maximum absolute atomic E-state index is 12.2. The summed E-state index contributed by atoms with van der Waals surface area (Å²) in [4.78, 5) is 14.0. The Morgan fingerprint density at radius 2 is 1.87 bits per heavy atom. The van der Waals surface area contributed by atoms with Gasteiger partial charge in [-0.1, -0.05) is 6.08 Å². The molecule has 0 aromatic carbocycles. The molecule has 0 fully saturated rings. The molecule has 0 rings (SSSR count). The van der Waals surface area contributed by atoms with Gasteiger partial charge < -0.3 is 10.6 Å². The summed E-state index contributed by atoms with van der Waals surface area (Å²) in [5, 5.41) is 0. The van der Waals surface area contributed by atoms with Crippen molar-refractivity contribution < 1.29 is 4.79 Å². The average Bonchev–Trinajstić information content (AvgIpc) is 2.11. The summed E-state index contributed by atoms with van der Waals surface area (Å²) in [5.41, 5.74) is 4.94. The number of carbonyl (C=O) groups is 1. The van der Waals surface area contributed by atoms with E-state index in [9.17, 15) is 4.79 Å². The molecule has 0 aliphatic rings. The predicted octanol–water partition coefficient (Wildman–Crippen LogP) is 1.78. The lowest BCUT2D eigenvalue weighted by Gasteiger charge is -2.40. The van der Waals surface area contributed by atoms with Gasteiger partial charge in [-0.25, -0.2) is 0 Å². The summed E-state index contributed by atoms with van der Waals surface area (Å²) < 4.78 is 0. The molecule has 0 aliphatic heterocycles. The lowest BCUT2D eigenvalue weighted by atomic mass is 9.74. The zero-order valence-electron chi connectivity index (χ0n) is 10.6. The van der Waals surface area contributed by atoms with E-state index in [-0.39, 0.29) is 5.91 Å². The van der Waals surface area contributed by atoms with Gasteiger partial charge >= 0.3 is 0 Å². The highest BCUT2D eigenvalue weighted by molar-refractivity contribution is 5.83. The largest absolute Gasteiger partial charge is 0.339 e. The van der Waals surface area contributed by atoms with Gasteiger partial charge in [-0.2, -0.15) is 0 Å². The molecule has 3 nitrogen and oxygen atoms in total. The zero-order valence-corrected chi connectivity index (χ0v) is 10.6. The fourth-order valence-corrected chi connectivity index (χ4v) is 1.18. The molecule has 0 saturated heterocycles. The molecule has 0 heterocycles. The lowest BCUT2D eigenvalue weighted by Crippen LogP contribution is -2.56. The third kappa shape index (κ3) is 3.06. The van der Waals surface area contributed by atoms with Gasteiger partial charge in [0.25, 0.3) is 0 Å². The second-order valence-electron chi connectivity index (χ2n) is 4.98. The molecule has 2 N–H and O–H groups in total. The number of likely N-dealkylation sites (N-methyl/N-ethyl adjacent to an activating group) is 1. The molecule has 88 valence electrons. The fraction of sp³-hybridized carbons (Fsp3) is 0.750. The van der Waals surface area contributed by atoms with Gasteiger partial charge in [0.15, 0.2) is 0 Å². The van der Waals surface area contributed by atoms with Crippen molar-refractivity contribution in [3.05, 3.63) is 12.7 Å². The van der Waals surface area contributed by atoms with E-state index in [4.69, 9.17) is 5.73 Å². The Bertz CT molecular complexity index is 238. The van der Waals surface area contributed by atoms with E-state index >= 15 is 0 Å². The van der Waals surface area contributed by atoms with Crippen LogP contribution in [0.25, 0.3) is 0 Å². The van der Waals surface area contributed by atoms with Crippen molar-refractivity contribution in [2.24, 2.45) is 11.1 Å². The van der Waals surface area contributed by atoms with Crippen LogP contribution in [0.15, 0.2) is 12.7 Å². The van der Waals surface area contributed by atoms with Crippen LogP contribution in [0.4, 0.5) is 0 Å². The Morgan fingerprint density at radius 1 is 1.40 bits per heavy atom. The van der Waals surface area contributed by atoms with Gasteiger partial charge in [0, 0.05) is 18.6 Å². The van der Waals surface area contributed by atoms with E-state index in [1.807, 2.05) is 34.6 Å². The van der Waals surface area contributed by atoms with Crippen molar-refractivity contribution >= 4 is 5.91 Å². The molecule has 0 bridgehead atoms. The van der Waals surface area contributed by atoms with Crippen LogP contribution in [-0.2, 0) is 4.79 Å². The quantitative estimate of drug-likeness (QED) is 0.706. The monoisotopic (exact) mass is 212 g/mol. The van der Waals surface area contributed by atoms with Crippen LogP contribution in [0.5, 0.6) is 0 Å². The van der Waals surface area contributed by atoms with Gasteiger partial charge in [-0.3, -0.25) is 4.79 Å². The Morgan fingerprint density at radius 3 is 2.13 bits per heavy atom. The van der Waals surface area contributed by atoms with Crippen molar-refractivity contribution in [2.45, 2.75) is 40.2 Å². The van der Waals surface area contributed by atoms with Crippen LogP contribution in [0.2, 0.25) is 0 Å². The molecule has 0 unspecified atom stereocenters. The molecule has 0 aliphatic carbocycles. The molecule has 1 amide bonds. The summed E-state index contributed by atoms with van der Waals surface area (Å²) in [6.07, 6.45) is 1.74. The number of rotatable bonds is 5. The number of carbonyl (C=O) groups excluding carboxylic acids is 1. The van der Waals surface area contributed by atoms with Gasteiger partial charge in [-0.05, 0) is 34.6 Å². The number of nitrogens with zero attached hydrogens (tertiary/aromatic N) is 1. The first kappa shape index (κ1) is 14.2. The van der Waals surface area contributed by atoms with E-state index in [0.29, 0.717) is 13.1 Å². The van der Waals surface area contributed by atoms with E-state index in [0.717, 1.165) is 0 Å². The third-order valence-electron chi connectivity index (χ3n) is 3.16. The average molecular weight is 212 g/mol. The molecule has 0 aromatic rings. The molecule has 0 saturated carbocycles. The first-order valence-electron chi connectivity index (χ1n) is 5.37. The summed E-state index contributed by atoms with van der Waals surface area (Å²) >= 11 is 0. The van der Waals surface area contributed by atoms with Crippen molar-refractivity contribution in [3.8, 4) is 0 Å². The first-order valence-corrected chi connectivity index (χ1v) is 5.37. The van der Waals surface area contributed by atoms with E-state index in [1.54, 1.807) is 11.0 Å². The Labute approximate surface area is 93.3 Å². The van der Waals surface area contributed by atoms with Crippen molar-refractivity contribution in [1.29, 1.82) is 0 Å². The number of amides is 1. The molecule has 0 aromatic heterocycles. The van der Waals surface area contributed by atoms with E-state index in [2.05, 4.69) is 6.58 Å². The van der Waals surface area contributed by atoms with Crippen molar-refractivity contribution in [1.82, 2.24) is 4.90 Å².